The van der Waals surface area contributed by atoms with Crippen molar-refractivity contribution in [3.05, 3.63) is 33.2 Å². The van der Waals surface area contributed by atoms with Crippen LogP contribution in [0.15, 0.2) is 17.1 Å². The van der Waals surface area contributed by atoms with Gasteiger partial charge in [0.15, 0.2) is 6.61 Å². The molecule has 1 aromatic heterocycles. The number of carbonyl (C=O) groups excluding carboxylic acids is 3. The van der Waals surface area contributed by atoms with Gasteiger partial charge < -0.3 is 14.6 Å². The minimum Gasteiger partial charge on any atom is -0.454 e. The number of halogens is 4. The minimum atomic E-state index is -4.77. The molecule has 0 saturated heterocycles. The second-order valence-corrected chi connectivity index (χ2v) is 5.75. The molecular weight excluding hydrogens is 383 g/mol. The number of aromatic nitrogens is 1. The molecule has 0 aromatic carbocycles. The van der Waals surface area contributed by atoms with Crippen molar-refractivity contribution < 1.29 is 32.3 Å². The van der Waals surface area contributed by atoms with E-state index in [1.165, 1.54) is 0 Å². The fourth-order valence-electron chi connectivity index (χ4n) is 1.66. The molecule has 0 fully saturated rings. The summed E-state index contributed by atoms with van der Waals surface area (Å²) in [6.07, 6.45) is -4.36. The Morgan fingerprint density at radius 2 is 1.92 bits per heavy atom. The highest BCUT2D eigenvalue weighted by molar-refractivity contribution is 6.30. The Balaban J connectivity index is 2.69. The lowest BCUT2D eigenvalue weighted by molar-refractivity contribution is -0.149. The molecule has 12 heteroatoms. The van der Waals surface area contributed by atoms with Crippen LogP contribution in [0.2, 0.25) is 5.02 Å². The van der Waals surface area contributed by atoms with Crippen molar-refractivity contribution in [3.63, 3.8) is 0 Å². The molecule has 0 unspecified atom stereocenters. The molecular formula is C14H15ClF3N3O5. The van der Waals surface area contributed by atoms with Crippen LogP contribution in [0.4, 0.5) is 18.0 Å². The number of amides is 3. The van der Waals surface area contributed by atoms with Gasteiger partial charge >= 0.3 is 18.2 Å². The Bertz CT molecular complexity index is 761. The summed E-state index contributed by atoms with van der Waals surface area (Å²) in [5, 5.41) is 3.51. The largest absolute Gasteiger partial charge is 0.454 e. The highest BCUT2D eigenvalue weighted by atomic mass is 35.5. The Kier molecular flexibility index (Phi) is 7.19. The van der Waals surface area contributed by atoms with Gasteiger partial charge in [-0.1, -0.05) is 11.6 Å². The lowest BCUT2D eigenvalue weighted by Gasteiger charge is -2.12. The number of imide groups is 1. The lowest BCUT2D eigenvalue weighted by Crippen LogP contribution is -2.44. The molecule has 0 aliphatic heterocycles. The summed E-state index contributed by atoms with van der Waals surface area (Å²) in [6.45, 7) is 1.56. The SMILES string of the molecule is CC(C)NC(=O)NC(=O)COC(=O)Cn1cc(C(F)(F)F)cc(Cl)c1=O. The van der Waals surface area contributed by atoms with Gasteiger partial charge in [-0.25, -0.2) is 4.79 Å². The third-order valence-corrected chi connectivity index (χ3v) is 2.98. The average molecular weight is 398 g/mol. The summed E-state index contributed by atoms with van der Waals surface area (Å²) in [5.74, 6) is -2.12. The molecule has 0 bridgehead atoms. The van der Waals surface area contributed by atoms with E-state index in [1.54, 1.807) is 13.8 Å². The smallest absolute Gasteiger partial charge is 0.417 e. The number of pyridine rings is 1. The van der Waals surface area contributed by atoms with E-state index in [0.717, 1.165) is 0 Å². The third kappa shape index (κ3) is 6.75. The molecule has 26 heavy (non-hydrogen) atoms. The Morgan fingerprint density at radius 1 is 1.31 bits per heavy atom. The second-order valence-electron chi connectivity index (χ2n) is 5.34. The van der Waals surface area contributed by atoms with Gasteiger partial charge in [0, 0.05) is 12.2 Å². The quantitative estimate of drug-likeness (QED) is 0.728. The maximum Gasteiger partial charge on any atom is 0.417 e. The van der Waals surface area contributed by atoms with Crippen molar-refractivity contribution in [3.8, 4) is 0 Å². The van der Waals surface area contributed by atoms with Crippen LogP contribution in [-0.2, 0) is 27.0 Å². The molecule has 144 valence electrons. The van der Waals surface area contributed by atoms with Crippen LogP contribution in [0.25, 0.3) is 0 Å². The molecule has 0 radical (unpaired) electrons. The van der Waals surface area contributed by atoms with Crippen molar-refractivity contribution in [2.24, 2.45) is 0 Å². The molecule has 0 spiro atoms. The monoisotopic (exact) mass is 397 g/mol. The number of hydrogen-bond acceptors (Lipinski definition) is 5. The van der Waals surface area contributed by atoms with Crippen molar-refractivity contribution in [2.45, 2.75) is 32.6 Å². The number of nitrogens with one attached hydrogen (secondary N) is 2. The van der Waals surface area contributed by atoms with Crippen molar-refractivity contribution in [1.82, 2.24) is 15.2 Å². The van der Waals surface area contributed by atoms with Gasteiger partial charge in [0.1, 0.15) is 11.6 Å². The van der Waals surface area contributed by atoms with Crippen molar-refractivity contribution in [2.75, 3.05) is 6.61 Å². The summed E-state index contributed by atoms with van der Waals surface area (Å²) >= 11 is 5.44. The summed E-state index contributed by atoms with van der Waals surface area (Å²) in [6, 6.07) is -0.600. The van der Waals surface area contributed by atoms with Crippen LogP contribution in [0, 0.1) is 0 Å². The number of esters is 1. The first-order chi connectivity index (χ1) is 11.9. The predicted octanol–water partition coefficient (Wildman–Crippen LogP) is 1.30. The van der Waals surface area contributed by atoms with Gasteiger partial charge in [0.2, 0.25) is 0 Å². The summed E-state index contributed by atoms with van der Waals surface area (Å²) in [7, 11) is 0. The topological polar surface area (TPSA) is 106 Å². The molecule has 3 amide bonds. The lowest BCUT2D eigenvalue weighted by atomic mass is 10.2. The first-order valence-corrected chi connectivity index (χ1v) is 7.51. The van der Waals surface area contributed by atoms with Crippen LogP contribution in [0.1, 0.15) is 19.4 Å². The van der Waals surface area contributed by atoms with Crippen molar-refractivity contribution >= 4 is 29.5 Å². The van der Waals surface area contributed by atoms with Gasteiger partial charge in [-0.2, -0.15) is 13.2 Å². The van der Waals surface area contributed by atoms with Gasteiger partial charge in [-0.3, -0.25) is 19.7 Å². The number of urea groups is 1. The van der Waals surface area contributed by atoms with Crippen LogP contribution in [0.5, 0.6) is 0 Å². The molecule has 1 heterocycles. The number of nitrogens with zero attached hydrogens (tertiary/aromatic N) is 1. The fourth-order valence-corrected chi connectivity index (χ4v) is 1.89. The molecule has 0 atom stereocenters. The van der Waals surface area contributed by atoms with Gasteiger partial charge in [0.05, 0.1) is 5.56 Å². The zero-order valence-electron chi connectivity index (χ0n) is 13.6. The average Bonchev–Trinajstić information content (AvgIpc) is 2.47. The standard InChI is InChI=1S/C14H15ClF3N3O5/c1-7(2)19-13(25)20-10(22)6-26-11(23)5-21-4-8(14(16,17)18)3-9(15)12(21)24/h3-4,7H,5-6H2,1-2H3,(H2,19,20,22,25). The van der Waals surface area contributed by atoms with Crippen molar-refractivity contribution in [1.29, 1.82) is 0 Å². The van der Waals surface area contributed by atoms with E-state index >= 15 is 0 Å². The van der Waals surface area contributed by atoms with Crippen LogP contribution < -0.4 is 16.2 Å². The molecule has 2 N–H and O–H groups in total. The third-order valence-electron chi connectivity index (χ3n) is 2.71. The van der Waals surface area contributed by atoms with E-state index < -0.39 is 53.4 Å². The first-order valence-electron chi connectivity index (χ1n) is 7.13. The molecule has 0 aliphatic rings. The number of ether oxygens (including phenoxy) is 1. The number of rotatable bonds is 5. The molecule has 0 aliphatic carbocycles. The first kappa shape index (κ1) is 21.5. The van der Waals surface area contributed by atoms with E-state index in [1.807, 2.05) is 5.32 Å². The summed E-state index contributed by atoms with van der Waals surface area (Å²) in [5.41, 5.74) is -2.25. The molecule has 8 nitrogen and oxygen atoms in total. The van der Waals surface area contributed by atoms with E-state index in [4.69, 9.17) is 11.6 Å². The van der Waals surface area contributed by atoms with Crippen LogP contribution in [-0.4, -0.2) is 35.1 Å². The van der Waals surface area contributed by atoms with Gasteiger partial charge in [-0.05, 0) is 19.9 Å². The zero-order chi connectivity index (χ0) is 20.1. The Hall–Kier alpha value is -2.56. The van der Waals surface area contributed by atoms with Gasteiger partial charge in [-0.15, -0.1) is 0 Å². The molecule has 1 rings (SSSR count). The molecule has 1 aromatic rings. The Morgan fingerprint density at radius 3 is 2.46 bits per heavy atom. The Labute approximate surface area is 150 Å². The highest BCUT2D eigenvalue weighted by Crippen LogP contribution is 2.29. The summed E-state index contributed by atoms with van der Waals surface area (Å²) < 4.78 is 43.0. The van der Waals surface area contributed by atoms with Gasteiger partial charge in [0.25, 0.3) is 11.5 Å². The number of carbonyl (C=O) groups is 3. The van der Waals surface area contributed by atoms with E-state index in [-0.39, 0.29) is 6.04 Å². The van der Waals surface area contributed by atoms with E-state index in [9.17, 15) is 32.3 Å². The number of alkyl halides is 3. The van der Waals surface area contributed by atoms with Crippen LogP contribution in [0.3, 0.4) is 0 Å². The summed E-state index contributed by atoms with van der Waals surface area (Å²) in [4.78, 5) is 46.0. The maximum absolute atomic E-state index is 12.7. The highest BCUT2D eigenvalue weighted by Gasteiger charge is 2.32. The zero-order valence-corrected chi connectivity index (χ0v) is 14.4. The van der Waals surface area contributed by atoms with Crippen LogP contribution >= 0.6 is 11.6 Å². The second kappa shape index (κ2) is 8.70. The molecule has 0 saturated carbocycles. The fraction of sp³-hybridized carbons (Fsp3) is 0.429. The normalized spacial score (nSPS) is 11.2. The van der Waals surface area contributed by atoms with E-state index in [2.05, 4.69) is 10.1 Å². The number of hydrogen-bond donors (Lipinski definition) is 2. The van der Waals surface area contributed by atoms with E-state index in [0.29, 0.717) is 16.8 Å². The maximum atomic E-state index is 12.7. The predicted molar refractivity (Wildman–Crippen MR) is 83.5 cm³/mol. The minimum absolute atomic E-state index is 0.233.